The van der Waals surface area contributed by atoms with E-state index in [9.17, 15) is 13.4 Å². The van der Waals surface area contributed by atoms with Gasteiger partial charge in [-0.2, -0.15) is 5.10 Å². The molecule has 31 heavy (non-hydrogen) atoms. The summed E-state index contributed by atoms with van der Waals surface area (Å²) in [5.41, 5.74) is 1.22. The Morgan fingerprint density at radius 3 is 2.81 bits per heavy atom. The Hall–Kier alpha value is -2.24. The molecule has 1 aliphatic heterocycles. The number of benzene rings is 1. The SMILES string of the molecule is C=S1(=O)N[C@@H](c2ccc(-c3ccn(C)n3)s2)C[C@@H](C(=O)Nc2ccc(F)c(Cl)c2)N1C. The largest absolute Gasteiger partial charge is 0.325 e. The maximum absolute atomic E-state index is 13.4. The van der Waals surface area contributed by atoms with Crippen molar-refractivity contribution in [1.29, 1.82) is 0 Å². The molecule has 164 valence electrons. The van der Waals surface area contributed by atoms with Gasteiger partial charge in [0.2, 0.25) is 5.91 Å². The molecule has 0 spiro atoms. The molecule has 0 bridgehead atoms. The van der Waals surface area contributed by atoms with E-state index >= 15 is 0 Å². The van der Waals surface area contributed by atoms with Crippen LogP contribution < -0.4 is 10.0 Å². The Morgan fingerprint density at radius 2 is 2.13 bits per heavy atom. The number of amides is 1. The van der Waals surface area contributed by atoms with Crippen molar-refractivity contribution < 1.29 is 13.4 Å². The fourth-order valence-electron chi connectivity index (χ4n) is 3.40. The monoisotopic (exact) mass is 481 g/mol. The average molecular weight is 482 g/mol. The lowest BCUT2D eigenvalue weighted by atomic mass is 10.1. The highest BCUT2D eigenvalue weighted by atomic mass is 35.5. The molecule has 1 saturated heterocycles. The van der Waals surface area contributed by atoms with Gasteiger partial charge in [0, 0.05) is 30.9 Å². The van der Waals surface area contributed by atoms with Crippen molar-refractivity contribution in [2.45, 2.75) is 18.5 Å². The number of carbonyl (C=O) groups excluding carboxylic acids is 1. The van der Waals surface area contributed by atoms with Crippen LogP contribution in [0.2, 0.25) is 5.02 Å². The maximum atomic E-state index is 13.4. The number of anilines is 1. The van der Waals surface area contributed by atoms with Crippen LogP contribution >= 0.6 is 22.9 Å². The van der Waals surface area contributed by atoms with Crippen LogP contribution in [0.3, 0.4) is 0 Å². The lowest BCUT2D eigenvalue weighted by Crippen LogP contribution is -2.55. The average Bonchev–Trinajstić information content (AvgIpc) is 3.35. The van der Waals surface area contributed by atoms with Gasteiger partial charge < -0.3 is 5.32 Å². The van der Waals surface area contributed by atoms with Gasteiger partial charge in [-0.15, -0.1) is 11.3 Å². The topological polar surface area (TPSA) is 79.3 Å². The number of rotatable bonds is 4. The Morgan fingerprint density at radius 1 is 1.35 bits per heavy atom. The summed E-state index contributed by atoms with van der Waals surface area (Å²) in [5.74, 6) is 2.87. The van der Waals surface area contributed by atoms with Gasteiger partial charge in [-0.3, -0.25) is 9.48 Å². The summed E-state index contributed by atoms with van der Waals surface area (Å²) in [6.45, 7) is 0. The van der Waals surface area contributed by atoms with Gasteiger partial charge in [-0.25, -0.2) is 17.6 Å². The van der Waals surface area contributed by atoms with Gasteiger partial charge in [0.1, 0.15) is 17.6 Å². The second kappa shape index (κ2) is 8.36. The third-order valence-electron chi connectivity index (χ3n) is 5.12. The highest BCUT2D eigenvalue weighted by molar-refractivity contribution is 7.96. The zero-order valence-electron chi connectivity index (χ0n) is 16.8. The first-order chi connectivity index (χ1) is 14.6. The van der Waals surface area contributed by atoms with Gasteiger partial charge in [-0.1, -0.05) is 11.6 Å². The summed E-state index contributed by atoms with van der Waals surface area (Å²) in [5, 5.41) is 7.06. The highest BCUT2D eigenvalue weighted by Crippen LogP contribution is 2.35. The molecule has 4 rings (SSSR count). The molecule has 1 fully saturated rings. The third kappa shape index (κ3) is 4.53. The molecule has 3 aromatic rings. The Labute approximate surface area is 189 Å². The van der Waals surface area contributed by atoms with Crippen molar-refractivity contribution in [1.82, 2.24) is 18.8 Å². The second-order valence-electron chi connectivity index (χ2n) is 7.30. The Bertz CT molecular complexity index is 1240. The van der Waals surface area contributed by atoms with Crippen molar-refractivity contribution in [3.8, 4) is 10.6 Å². The van der Waals surface area contributed by atoms with E-state index in [0.29, 0.717) is 12.1 Å². The molecule has 2 aromatic heterocycles. The third-order valence-corrected chi connectivity index (χ3v) is 8.46. The van der Waals surface area contributed by atoms with E-state index in [1.54, 1.807) is 11.7 Å². The molecular weight excluding hydrogens is 461 g/mol. The number of carbonyl (C=O) groups is 1. The molecule has 0 saturated carbocycles. The smallest absolute Gasteiger partial charge is 0.242 e. The number of halogens is 2. The molecule has 0 radical (unpaired) electrons. The summed E-state index contributed by atoms with van der Waals surface area (Å²) in [6.07, 6.45) is 2.25. The Kier molecular flexibility index (Phi) is 5.93. The lowest BCUT2D eigenvalue weighted by molar-refractivity contribution is -0.120. The molecule has 3 atom stereocenters. The summed E-state index contributed by atoms with van der Waals surface area (Å²) >= 11 is 7.33. The van der Waals surface area contributed by atoms with Crippen LogP contribution in [0.1, 0.15) is 17.3 Å². The Balaban J connectivity index is 1.57. The van der Waals surface area contributed by atoms with E-state index in [1.165, 1.54) is 33.8 Å². The molecule has 1 aliphatic rings. The standard InChI is InChI=1S/C20H21ClFN5O2S2/c1-26-9-8-15(24-26)18-6-7-19(30-18)16-11-17(27(2)31(3,29)25-16)20(28)23-12-4-5-14(22)13(21)10-12/h4-10,16-17H,3,11H2,1-2H3,(H,23,28)(H,25,29)/t16-,17+,31?/m1/s1. The minimum Gasteiger partial charge on any atom is -0.325 e. The molecule has 1 aromatic carbocycles. The van der Waals surface area contributed by atoms with Crippen LogP contribution in [0.25, 0.3) is 10.6 Å². The lowest BCUT2D eigenvalue weighted by Gasteiger charge is -2.39. The molecule has 7 nitrogen and oxygen atoms in total. The van der Waals surface area contributed by atoms with E-state index < -0.39 is 21.8 Å². The summed E-state index contributed by atoms with van der Waals surface area (Å²) in [6, 6.07) is 8.75. The number of nitrogens with one attached hydrogen (secondary N) is 2. The van der Waals surface area contributed by atoms with Crippen molar-refractivity contribution >= 4 is 50.3 Å². The zero-order chi connectivity index (χ0) is 22.3. The van der Waals surface area contributed by atoms with Gasteiger partial charge >= 0.3 is 0 Å². The van der Waals surface area contributed by atoms with Crippen LogP contribution in [0.4, 0.5) is 10.1 Å². The van der Waals surface area contributed by atoms with Gasteiger partial charge in [0.05, 0.1) is 25.8 Å². The van der Waals surface area contributed by atoms with Gasteiger partial charge in [0.25, 0.3) is 0 Å². The van der Waals surface area contributed by atoms with E-state index in [-0.39, 0.29) is 17.0 Å². The van der Waals surface area contributed by atoms with E-state index in [4.69, 9.17) is 11.6 Å². The molecule has 1 unspecified atom stereocenters. The van der Waals surface area contributed by atoms with E-state index in [1.807, 2.05) is 31.4 Å². The number of hydrogen-bond donors (Lipinski definition) is 2. The molecule has 1 amide bonds. The minimum absolute atomic E-state index is 0.0871. The van der Waals surface area contributed by atoms with Crippen LogP contribution in [0.5, 0.6) is 0 Å². The molecule has 3 heterocycles. The van der Waals surface area contributed by atoms with Crippen molar-refractivity contribution in [3.63, 3.8) is 0 Å². The summed E-state index contributed by atoms with van der Waals surface area (Å²) in [4.78, 5) is 14.9. The zero-order valence-corrected chi connectivity index (χ0v) is 19.2. The number of hydrogen-bond acceptors (Lipinski definition) is 4. The van der Waals surface area contributed by atoms with Crippen molar-refractivity contribution in [3.05, 3.63) is 58.3 Å². The van der Waals surface area contributed by atoms with Crippen molar-refractivity contribution in [2.75, 3.05) is 12.4 Å². The van der Waals surface area contributed by atoms with Crippen LogP contribution in [0, 0.1) is 5.82 Å². The quantitative estimate of drug-likeness (QED) is 0.560. The normalized spacial score (nSPS) is 24.3. The van der Waals surface area contributed by atoms with Crippen LogP contribution in [-0.2, 0) is 21.7 Å². The summed E-state index contributed by atoms with van der Waals surface area (Å²) in [7, 11) is 0.557. The van der Waals surface area contributed by atoms with E-state index in [0.717, 1.165) is 15.4 Å². The number of aryl methyl sites for hydroxylation is 1. The summed E-state index contributed by atoms with van der Waals surface area (Å²) < 4.78 is 32.8. The first kappa shape index (κ1) is 22.0. The predicted octanol–water partition coefficient (Wildman–Crippen LogP) is 3.46. The molecule has 2 N–H and O–H groups in total. The number of likely N-dealkylation sites (N-methyl/N-ethyl adjacent to an activating group) is 1. The van der Waals surface area contributed by atoms with E-state index in [2.05, 4.69) is 21.0 Å². The van der Waals surface area contributed by atoms with Crippen LogP contribution in [0.15, 0.2) is 42.6 Å². The maximum Gasteiger partial charge on any atom is 0.242 e. The molecule has 0 aliphatic carbocycles. The molecular formula is C20H21ClFN5O2S2. The minimum atomic E-state index is -2.89. The number of aromatic nitrogens is 2. The van der Waals surface area contributed by atoms with Gasteiger partial charge in [-0.05, 0) is 48.7 Å². The van der Waals surface area contributed by atoms with Crippen LogP contribution in [-0.4, -0.2) is 43.2 Å². The predicted molar refractivity (Wildman–Crippen MR) is 124 cm³/mol. The highest BCUT2D eigenvalue weighted by Gasteiger charge is 2.38. The van der Waals surface area contributed by atoms with Gasteiger partial charge in [0.15, 0.2) is 0 Å². The number of thiophene rings is 1. The number of nitrogens with zero attached hydrogens (tertiary/aromatic N) is 3. The fraction of sp³-hybridized carbons (Fsp3) is 0.250. The first-order valence-electron chi connectivity index (χ1n) is 9.37. The molecule has 11 heteroatoms. The fourth-order valence-corrected chi connectivity index (χ4v) is 6.12. The van der Waals surface area contributed by atoms with Crippen molar-refractivity contribution in [2.24, 2.45) is 7.05 Å². The second-order valence-corrected chi connectivity index (χ2v) is 10.9. The first-order valence-corrected chi connectivity index (χ1v) is 12.2.